The molecule has 0 bridgehead atoms. The number of piperidine rings is 1. The van der Waals surface area contributed by atoms with E-state index in [1.165, 1.54) is 0 Å². The van der Waals surface area contributed by atoms with E-state index >= 15 is 0 Å². The molecule has 2 atom stereocenters. The van der Waals surface area contributed by atoms with Crippen LogP contribution in [0.5, 0.6) is 0 Å². The van der Waals surface area contributed by atoms with Crippen LogP contribution in [0.1, 0.15) is 36.9 Å². The second-order valence-corrected chi connectivity index (χ2v) is 4.47. The third-order valence-corrected chi connectivity index (χ3v) is 3.46. The topological polar surface area (TPSA) is 69.3 Å². The Kier molecular flexibility index (Phi) is 2.37. The predicted octanol–water partition coefficient (Wildman–Crippen LogP) is 1.13. The van der Waals surface area contributed by atoms with Crippen molar-refractivity contribution in [1.82, 2.24) is 10.2 Å². The number of furan rings is 1. The number of nitriles is 1. The van der Waals surface area contributed by atoms with Crippen molar-refractivity contribution in [3.05, 3.63) is 23.7 Å². The first-order valence-electron chi connectivity index (χ1n) is 5.85. The smallest absolute Gasteiger partial charge is 0.239 e. The fourth-order valence-electron chi connectivity index (χ4n) is 2.65. The maximum atomic E-state index is 11.8. The monoisotopic (exact) mass is 231 g/mol. The summed E-state index contributed by atoms with van der Waals surface area (Å²) in [6.45, 7) is 0.899. The lowest BCUT2D eigenvalue weighted by Gasteiger charge is -2.30. The van der Waals surface area contributed by atoms with E-state index in [2.05, 4.69) is 10.2 Å². The molecule has 1 aromatic rings. The average Bonchev–Trinajstić information content (AvgIpc) is 2.95. The largest absolute Gasteiger partial charge is 0.447 e. The van der Waals surface area contributed by atoms with Gasteiger partial charge in [0.05, 0.1) is 6.04 Å². The number of hydrogen-bond acceptors (Lipinski definition) is 4. The van der Waals surface area contributed by atoms with Gasteiger partial charge in [0.15, 0.2) is 0 Å². The van der Waals surface area contributed by atoms with Crippen LogP contribution in [0.25, 0.3) is 0 Å². The Labute approximate surface area is 99.0 Å². The molecular formula is C12H13N3O2. The zero-order chi connectivity index (χ0) is 11.8. The Morgan fingerprint density at radius 2 is 2.35 bits per heavy atom. The molecule has 0 aromatic carbocycles. The van der Waals surface area contributed by atoms with Gasteiger partial charge in [-0.05, 0) is 25.0 Å². The van der Waals surface area contributed by atoms with Gasteiger partial charge in [-0.3, -0.25) is 9.69 Å². The Morgan fingerprint density at radius 3 is 3.12 bits per heavy atom. The van der Waals surface area contributed by atoms with Gasteiger partial charge in [-0.2, -0.15) is 5.26 Å². The van der Waals surface area contributed by atoms with Crippen molar-refractivity contribution in [2.45, 2.75) is 31.5 Å². The van der Waals surface area contributed by atoms with Crippen LogP contribution in [0.4, 0.5) is 0 Å². The number of rotatable bonds is 1. The minimum Gasteiger partial charge on any atom is -0.447 e. The maximum absolute atomic E-state index is 11.8. The van der Waals surface area contributed by atoms with Crippen LogP contribution in [-0.4, -0.2) is 23.4 Å². The van der Waals surface area contributed by atoms with Gasteiger partial charge >= 0.3 is 0 Å². The van der Waals surface area contributed by atoms with Crippen molar-refractivity contribution < 1.29 is 9.21 Å². The van der Waals surface area contributed by atoms with E-state index in [0.717, 1.165) is 25.8 Å². The molecule has 0 spiro atoms. The fourth-order valence-corrected chi connectivity index (χ4v) is 2.65. The normalized spacial score (nSPS) is 28.5. The molecule has 2 aliphatic rings. The first-order chi connectivity index (χ1) is 8.29. The lowest BCUT2D eigenvalue weighted by Crippen LogP contribution is -2.38. The van der Waals surface area contributed by atoms with Crippen molar-refractivity contribution in [2.75, 3.05) is 6.54 Å². The molecule has 88 valence electrons. The van der Waals surface area contributed by atoms with Crippen molar-refractivity contribution in [3.63, 3.8) is 0 Å². The summed E-state index contributed by atoms with van der Waals surface area (Å²) in [5.74, 6) is 1.01. The molecule has 2 unspecified atom stereocenters. The minimum absolute atomic E-state index is 0.0237. The number of fused-ring (bicyclic) bond motifs is 1. The summed E-state index contributed by atoms with van der Waals surface area (Å²) in [6.07, 6.45) is 2.92. The van der Waals surface area contributed by atoms with Gasteiger partial charge in [0.2, 0.25) is 11.7 Å². The first kappa shape index (κ1) is 10.4. The van der Waals surface area contributed by atoms with Crippen molar-refractivity contribution in [1.29, 1.82) is 5.26 Å². The third kappa shape index (κ3) is 1.61. The van der Waals surface area contributed by atoms with Crippen LogP contribution in [0.3, 0.4) is 0 Å². The van der Waals surface area contributed by atoms with Gasteiger partial charge < -0.3 is 9.73 Å². The number of amides is 1. The van der Waals surface area contributed by atoms with Gasteiger partial charge in [-0.25, -0.2) is 0 Å². The number of carbonyl (C=O) groups is 1. The Morgan fingerprint density at radius 1 is 1.47 bits per heavy atom. The lowest BCUT2D eigenvalue weighted by molar-refractivity contribution is -0.122. The van der Waals surface area contributed by atoms with Crippen LogP contribution in [0.15, 0.2) is 16.5 Å². The molecule has 5 heteroatoms. The third-order valence-electron chi connectivity index (χ3n) is 3.46. The molecule has 17 heavy (non-hydrogen) atoms. The highest BCUT2D eigenvalue weighted by Crippen LogP contribution is 2.32. The van der Waals surface area contributed by atoms with Crippen molar-refractivity contribution >= 4 is 5.91 Å². The summed E-state index contributed by atoms with van der Waals surface area (Å²) in [5.41, 5.74) is 0. The van der Waals surface area contributed by atoms with E-state index in [0.29, 0.717) is 5.76 Å². The molecule has 1 amide bonds. The quantitative estimate of drug-likeness (QED) is 0.786. The Hall–Kier alpha value is -1.80. The number of nitrogens with one attached hydrogen (secondary N) is 1. The van der Waals surface area contributed by atoms with E-state index in [1.807, 2.05) is 6.07 Å². The SMILES string of the molecule is N#Cc1ccc(C2NC(=O)C3CCCCN32)o1. The van der Waals surface area contributed by atoms with Crippen LogP contribution < -0.4 is 5.32 Å². The molecule has 2 aliphatic heterocycles. The zero-order valence-electron chi connectivity index (χ0n) is 9.35. The molecule has 0 saturated carbocycles. The van der Waals surface area contributed by atoms with Crippen molar-refractivity contribution in [3.8, 4) is 6.07 Å². The summed E-state index contributed by atoms with van der Waals surface area (Å²) >= 11 is 0. The molecule has 0 aliphatic carbocycles. The summed E-state index contributed by atoms with van der Waals surface area (Å²) in [5, 5.41) is 11.7. The maximum Gasteiger partial charge on any atom is 0.239 e. The highest BCUT2D eigenvalue weighted by atomic mass is 16.3. The molecule has 3 rings (SSSR count). The summed E-state index contributed by atoms with van der Waals surface area (Å²) < 4.78 is 5.40. The lowest BCUT2D eigenvalue weighted by atomic mass is 10.0. The summed E-state index contributed by atoms with van der Waals surface area (Å²) in [4.78, 5) is 13.9. The molecule has 5 nitrogen and oxygen atoms in total. The van der Waals surface area contributed by atoms with Gasteiger partial charge in [0, 0.05) is 6.54 Å². The molecule has 1 N–H and O–H groups in total. The highest BCUT2D eigenvalue weighted by Gasteiger charge is 2.42. The molecule has 0 radical (unpaired) electrons. The zero-order valence-corrected chi connectivity index (χ0v) is 9.35. The number of hydrogen-bond donors (Lipinski definition) is 1. The van der Waals surface area contributed by atoms with Gasteiger partial charge in [-0.1, -0.05) is 6.42 Å². The molecule has 2 fully saturated rings. The first-order valence-corrected chi connectivity index (χ1v) is 5.85. The van der Waals surface area contributed by atoms with E-state index in [9.17, 15) is 4.79 Å². The number of nitrogens with zero attached hydrogens (tertiary/aromatic N) is 2. The van der Waals surface area contributed by atoms with Crippen LogP contribution in [-0.2, 0) is 4.79 Å². The molecule has 2 saturated heterocycles. The van der Waals surface area contributed by atoms with Crippen molar-refractivity contribution in [2.24, 2.45) is 0 Å². The molecule has 1 aromatic heterocycles. The molecular weight excluding hydrogens is 218 g/mol. The fraction of sp³-hybridized carbons (Fsp3) is 0.500. The van der Waals surface area contributed by atoms with E-state index < -0.39 is 0 Å². The van der Waals surface area contributed by atoms with Gasteiger partial charge in [0.1, 0.15) is 18.0 Å². The minimum atomic E-state index is -0.199. The summed E-state index contributed by atoms with van der Waals surface area (Å²) in [6, 6.07) is 5.33. The molecule has 3 heterocycles. The van der Waals surface area contributed by atoms with Gasteiger partial charge in [-0.15, -0.1) is 0 Å². The van der Waals surface area contributed by atoms with E-state index in [-0.39, 0.29) is 23.9 Å². The second kappa shape index (κ2) is 3.90. The van der Waals surface area contributed by atoms with Crippen LogP contribution in [0.2, 0.25) is 0 Å². The standard InChI is InChI=1S/C12H13N3O2/c13-7-8-4-5-10(17-8)11-14-12(16)9-3-1-2-6-15(9)11/h4-5,9,11H,1-3,6H2,(H,14,16). The Balaban J connectivity index is 1.88. The van der Waals surface area contributed by atoms with Gasteiger partial charge in [0.25, 0.3) is 0 Å². The highest BCUT2D eigenvalue weighted by molar-refractivity contribution is 5.84. The van der Waals surface area contributed by atoms with E-state index in [4.69, 9.17) is 9.68 Å². The van der Waals surface area contributed by atoms with Crippen LogP contribution >= 0.6 is 0 Å². The summed E-state index contributed by atoms with van der Waals surface area (Å²) in [7, 11) is 0. The predicted molar refractivity (Wildman–Crippen MR) is 58.7 cm³/mol. The second-order valence-electron chi connectivity index (χ2n) is 4.47. The van der Waals surface area contributed by atoms with Crippen LogP contribution in [0, 0.1) is 11.3 Å². The van der Waals surface area contributed by atoms with E-state index in [1.54, 1.807) is 12.1 Å². The Bertz CT molecular complexity index is 488. The number of carbonyl (C=O) groups excluding carboxylic acids is 1. The average molecular weight is 231 g/mol.